The summed E-state index contributed by atoms with van der Waals surface area (Å²) in [6, 6.07) is 0. The van der Waals surface area contributed by atoms with Gasteiger partial charge in [-0.25, -0.2) is 0 Å². The molecule has 1 rings (SSSR count). The van der Waals surface area contributed by atoms with Crippen molar-refractivity contribution in [3.8, 4) is 0 Å². The van der Waals surface area contributed by atoms with Crippen LogP contribution in [0.25, 0.3) is 0 Å². The van der Waals surface area contributed by atoms with Crippen LogP contribution in [-0.2, 0) is 0 Å². The van der Waals surface area contributed by atoms with E-state index in [1.165, 1.54) is 10.5 Å². The molecule has 1 nitrogen and oxygen atoms in total. The van der Waals surface area contributed by atoms with Crippen LogP contribution >= 0.6 is 20.3 Å². The van der Waals surface area contributed by atoms with Crippen LogP contribution < -0.4 is 0 Å². The minimum Gasteiger partial charge on any atom is -0.278 e. The molecule has 0 aromatic rings. The van der Waals surface area contributed by atoms with Crippen LogP contribution in [0.15, 0.2) is 4.99 Å². The molecule has 0 bridgehead atoms. The van der Waals surface area contributed by atoms with E-state index < -0.39 is 0 Å². The zero-order chi connectivity index (χ0) is 5.11. The second kappa shape index (κ2) is 2.68. The Bertz CT molecular complexity index is 91.7. The van der Waals surface area contributed by atoms with Gasteiger partial charge in [0.2, 0.25) is 0 Å². The summed E-state index contributed by atoms with van der Waals surface area (Å²) in [4.78, 5) is 5.61. The van der Waals surface area contributed by atoms with Crippen molar-refractivity contribution in [1.82, 2.24) is 0 Å². The lowest BCUT2D eigenvalue weighted by Crippen LogP contribution is -1.70. The molecule has 0 fully saturated rings. The SMILES string of the molecule is CPC1=NCCS1. The Morgan fingerprint density at radius 1 is 1.86 bits per heavy atom. The monoisotopic (exact) mass is 133 g/mol. The third kappa shape index (κ3) is 1.43. The van der Waals surface area contributed by atoms with E-state index in [-0.39, 0.29) is 0 Å². The Balaban J connectivity index is 2.36. The molecule has 0 N–H and O–H groups in total. The van der Waals surface area contributed by atoms with Gasteiger partial charge in [0.05, 0.1) is 4.78 Å². The summed E-state index contributed by atoms with van der Waals surface area (Å²) in [6.45, 7) is 3.23. The van der Waals surface area contributed by atoms with Crippen LogP contribution in [0, 0.1) is 0 Å². The first-order valence-corrected chi connectivity index (χ1v) is 4.77. The van der Waals surface area contributed by atoms with Crippen molar-refractivity contribution in [2.75, 3.05) is 19.0 Å². The number of thioether (sulfide) groups is 1. The normalized spacial score (nSPS) is 21.6. The van der Waals surface area contributed by atoms with Gasteiger partial charge < -0.3 is 0 Å². The van der Waals surface area contributed by atoms with Gasteiger partial charge in [0.1, 0.15) is 0 Å². The Morgan fingerprint density at radius 2 is 2.71 bits per heavy atom. The quantitative estimate of drug-likeness (QED) is 0.492. The van der Waals surface area contributed by atoms with Gasteiger partial charge in [-0.1, -0.05) is 8.58 Å². The third-order valence-electron chi connectivity index (χ3n) is 0.799. The van der Waals surface area contributed by atoms with Crippen LogP contribution in [0.5, 0.6) is 0 Å². The molecule has 0 aromatic carbocycles. The van der Waals surface area contributed by atoms with Gasteiger partial charge in [0, 0.05) is 12.3 Å². The number of rotatable bonds is 1. The molecule has 40 valence electrons. The van der Waals surface area contributed by atoms with Crippen molar-refractivity contribution in [2.45, 2.75) is 0 Å². The van der Waals surface area contributed by atoms with E-state index in [4.69, 9.17) is 0 Å². The molecule has 3 heteroatoms. The number of aliphatic imine (C=N–C) groups is 1. The molecule has 0 amide bonds. The van der Waals surface area contributed by atoms with E-state index in [1.807, 2.05) is 11.8 Å². The maximum absolute atomic E-state index is 4.25. The van der Waals surface area contributed by atoms with Crippen molar-refractivity contribution in [3.05, 3.63) is 0 Å². The van der Waals surface area contributed by atoms with E-state index in [0.29, 0.717) is 0 Å². The average Bonchev–Trinajstić information content (AvgIpc) is 2.14. The smallest absolute Gasteiger partial charge is 0.0868 e. The molecule has 0 saturated heterocycles. The standard InChI is InChI=1S/C4H8NPS/c1-6-4-5-2-3-7-4/h6H,2-3H2,1H3. The molecule has 1 aliphatic rings. The zero-order valence-electron chi connectivity index (χ0n) is 4.27. The lowest BCUT2D eigenvalue weighted by atomic mass is 10.8. The minimum absolute atomic E-state index is 0.924. The molecule has 7 heavy (non-hydrogen) atoms. The highest BCUT2D eigenvalue weighted by Gasteiger charge is 2.01. The van der Waals surface area contributed by atoms with E-state index in [1.54, 1.807) is 0 Å². The predicted molar refractivity (Wildman–Crippen MR) is 39.0 cm³/mol. The van der Waals surface area contributed by atoms with Gasteiger partial charge in [-0.05, 0) is 6.66 Å². The van der Waals surface area contributed by atoms with Gasteiger partial charge >= 0.3 is 0 Å². The molecule has 0 radical (unpaired) electrons. The first-order valence-electron chi connectivity index (χ1n) is 2.28. The highest BCUT2D eigenvalue weighted by atomic mass is 32.2. The van der Waals surface area contributed by atoms with E-state index in [0.717, 1.165) is 15.1 Å². The molecule has 0 spiro atoms. The van der Waals surface area contributed by atoms with Gasteiger partial charge in [0.15, 0.2) is 0 Å². The summed E-state index contributed by atoms with van der Waals surface area (Å²) in [5, 5.41) is 0. The van der Waals surface area contributed by atoms with Crippen LogP contribution in [-0.4, -0.2) is 23.7 Å². The van der Waals surface area contributed by atoms with E-state index >= 15 is 0 Å². The maximum Gasteiger partial charge on any atom is 0.0868 e. The largest absolute Gasteiger partial charge is 0.278 e. The molecular weight excluding hydrogens is 125 g/mol. The average molecular weight is 133 g/mol. The predicted octanol–water partition coefficient (Wildman–Crippen LogP) is 1.40. The first kappa shape index (κ1) is 5.58. The van der Waals surface area contributed by atoms with Crippen molar-refractivity contribution in [1.29, 1.82) is 0 Å². The first-order chi connectivity index (χ1) is 3.43. The van der Waals surface area contributed by atoms with Crippen molar-refractivity contribution < 1.29 is 0 Å². The highest BCUT2D eigenvalue weighted by Crippen LogP contribution is 2.23. The van der Waals surface area contributed by atoms with Crippen molar-refractivity contribution >= 4 is 25.1 Å². The third-order valence-corrected chi connectivity index (χ3v) is 3.22. The number of nitrogens with zero attached hydrogens (tertiary/aromatic N) is 1. The molecule has 1 aliphatic heterocycles. The van der Waals surface area contributed by atoms with Gasteiger partial charge in [-0.15, -0.1) is 11.8 Å². The lowest BCUT2D eigenvalue weighted by molar-refractivity contribution is 1.18. The topological polar surface area (TPSA) is 12.4 Å². The maximum atomic E-state index is 4.25. The van der Waals surface area contributed by atoms with E-state index in [2.05, 4.69) is 11.7 Å². The summed E-state index contributed by atoms with van der Waals surface area (Å²) in [7, 11) is 0.924. The molecular formula is C4H8NPS. The molecule has 1 heterocycles. The summed E-state index contributed by atoms with van der Waals surface area (Å²) < 4.78 is 0. The highest BCUT2D eigenvalue weighted by molar-refractivity contribution is 8.23. The summed E-state index contributed by atoms with van der Waals surface area (Å²) in [6.07, 6.45) is 0. The fraction of sp³-hybridized carbons (Fsp3) is 0.750. The number of hydrogen-bond donors (Lipinski definition) is 0. The summed E-state index contributed by atoms with van der Waals surface area (Å²) in [5.41, 5.74) is 0. The van der Waals surface area contributed by atoms with Crippen LogP contribution in [0.2, 0.25) is 0 Å². The molecule has 0 aliphatic carbocycles. The summed E-state index contributed by atoms with van der Waals surface area (Å²) in [5.74, 6) is 1.22. The minimum atomic E-state index is 0.924. The van der Waals surface area contributed by atoms with Crippen molar-refractivity contribution in [2.24, 2.45) is 4.99 Å². The Hall–Kier alpha value is 0.450. The number of hydrogen-bond acceptors (Lipinski definition) is 2. The second-order valence-electron chi connectivity index (χ2n) is 1.29. The Morgan fingerprint density at radius 3 is 3.00 bits per heavy atom. The van der Waals surface area contributed by atoms with Gasteiger partial charge in [-0.3, -0.25) is 4.99 Å². The molecule has 1 atom stereocenters. The molecule has 1 unspecified atom stereocenters. The van der Waals surface area contributed by atoms with Crippen molar-refractivity contribution in [3.63, 3.8) is 0 Å². The lowest BCUT2D eigenvalue weighted by Gasteiger charge is -1.86. The molecule has 0 aromatic heterocycles. The Labute approximate surface area is 49.8 Å². The van der Waals surface area contributed by atoms with Gasteiger partial charge in [-0.2, -0.15) is 0 Å². The zero-order valence-corrected chi connectivity index (χ0v) is 6.09. The fourth-order valence-electron chi connectivity index (χ4n) is 0.486. The fourth-order valence-corrected chi connectivity index (χ4v) is 2.20. The summed E-state index contributed by atoms with van der Waals surface area (Å²) >= 11 is 1.90. The Kier molecular flexibility index (Phi) is 2.14. The van der Waals surface area contributed by atoms with E-state index in [9.17, 15) is 0 Å². The van der Waals surface area contributed by atoms with Gasteiger partial charge in [0.25, 0.3) is 0 Å². The van der Waals surface area contributed by atoms with Crippen LogP contribution in [0.4, 0.5) is 0 Å². The van der Waals surface area contributed by atoms with Crippen LogP contribution in [0.3, 0.4) is 0 Å². The molecule has 0 saturated carbocycles. The van der Waals surface area contributed by atoms with Crippen LogP contribution in [0.1, 0.15) is 0 Å². The second-order valence-corrected chi connectivity index (χ2v) is 3.70.